The molecule has 6 nitrogen and oxygen atoms in total. The van der Waals surface area contributed by atoms with Gasteiger partial charge in [0, 0.05) is 17.0 Å². The molecule has 0 amide bonds. The topological polar surface area (TPSA) is 83.9 Å². The van der Waals surface area contributed by atoms with E-state index in [1.807, 2.05) is 24.3 Å². The van der Waals surface area contributed by atoms with Crippen LogP contribution in [0.15, 0.2) is 53.4 Å². The molecule has 2 aromatic rings. The quantitative estimate of drug-likeness (QED) is 0.797. The third-order valence-electron chi connectivity index (χ3n) is 4.85. The number of methoxy groups -OCH3 is 1. The number of hydrogen-bond donors (Lipinski definition) is 1. The van der Waals surface area contributed by atoms with Gasteiger partial charge in [-0.3, -0.25) is 4.79 Å². The molecule has 2 aromatic carbocycles. The molecule has 1 saturated heterocycles. The summed E-state index contributed by atoms with van der Waals surface area (Å²) in [6.07, 6.45) is 0. The molecule has 0 radical (unpaired) electrons. The van der Waals surface area contributed by atoms with Gasteiger partial charge in [-0.2, -0.15) is 16.1 Å². The lowest BCUT2D eigenvalue weighted by Crippen LogP contribution is -2.58. The van der Waals surface area contributed by atoms with E-state index >= 15 is 0 Å². The van der Waals surface area contributed by atoms with E-state index in [4.69, 9.17) is 4.74 Å². The number of carboxylic acid groups (broad SMARTS) is 1. The molecule has 1 unspecified atom stereocenters. The van der Waals surface area contributed by atoms with E-state index in [1.165, 1.54) is 23.9 Å². The fourth-order valence-electron chi connectivity index (χ4n) is 3.37. The van der Waals surface area contributed by atoms with Gasteiger partial charge in [0.2, 0.25) is 10.0 Å². The Hall–Kier alpha value is -2.03. The predicted molar refractivity (Wildman–Crippen MR) is 110 cm³/mol. The number of benzene rings is 2. The van der Waals surface area contributed by atoms with Gasteiger partial charge in [-0.1, -0.05) is 24.3 Å². The molecule has 0 bridgehead atoms. The zero-order chi connectivity index (χ0) is 20.5. The first-order chi connectivity index (χ1) is 13.2. The van der Waals surface area contributed by atoms with E-state index in [2.05, 4.69) is 0 Å². The van der Waals surface area contributed by atoms with Crippen LogP contribution in [0, 0.1) is 0 Å². The van der Waals surface area contributed by atoms with Crippen molar-refractivity contribution in [3.63, 3.8) is 0 Å². The van der Waals surface area contributed by atoms with Crippen molar-refractivity contribution in [2.24, 2.45) is 0 Å². The molecule has 1 N–H and O–H groups in total. The molecular weight excluding hydrogens is 398 g/mol. The molecule has 28 heavy (non-hydrogen) atoms. The summed E-state index contributed by atoms with van der Waals surface area (Å²) in [6.45, 7) is 3.71. The van der Waals surface area contributed by atoms with Gasteiger partial charge >= 0.3 is 5.97 Å². The zero-order valence-corrected chi connectivity index (χ0v) is 17.6. The Kier molecular flexibility index (Phi) is 5.74. The SMILES string of the molecule is COc1ccc(-c2ccc(S(=O)(=O)N3CCSC(C)(C)C3C(=O)O)cc2)cc1. The van der Waals surface area contributed by atoms with Crippen LogP contribution in [0.5, 0.6) is 5.75 Å². The molecule has 1 fully saturated rings. The monoisotopic (exact) mass is 421 g/mol. The van der Waals surface area contributed by atoms with Crippen LogP contribution in [-0.2, 0) is 14.8 Å². The minimum absolute atomic E-state index is 0.0960. The number of sulfonamides is 1. The molecule has 1 heterocycles. The number of hydrogen-bond acceptors (Lipinski definition) is 5. The maximum Gasteiger partial charge on any atom is 0.323 e. The van der Waals surface area contributed by atoms with Crippen LogP contribution < -0.4 is 4.74 Å². The second-order valence-electron chi connectivity index (χ2n) is 7.06. The predicted octanol–water partition coefficient (Wildman–Crippen LogP) is 3.33. The van der Waals surface area contributed by atoms with E-state index in [0.717, 1.165) is 21.2 Å². The highest BCUT2D eigenvalue weighted by atomic mass is 32.2. The molecular formula is C20H23NO5S2. The smallest absolute Gasteiger partial charge is 0.323 e. The number of ether oxygens (including phenoxy) is 1. The highest BCUT2D eigenvalue weighted by molar-refractivity contribution is 8.00. The molecule has 1 aliphatic rings. The summed E-state index contributed by atoms with van der Waals surface area (Å²) in [5.74, 6) is 0.170. The van der Waals surface area contributed by atoms with Gasteiger partial charge < -0.3 is 9.84 Å². The second kappa shape index (κ2) is 7.77. The number of carbonyl (C=O) groups is 1. The average molecular weight is 422 g/mol. The lowest BCUT2D eigenvalue weighted by atomic mass is 10.0. The van der Waals surface area contributed by atoms with E-state index in [0.29, 0.717) is 5.75 Å². The number of aliphatic carboxylic acids is 1. The third-order valence-corrected chi connectivity index (χ3v) is 8.08. The first-order valence-corrected chi connectivity index (χ1v) is 11.2. The fraction of sp³-hybridized carbons (Fsp3) is 0.350. The van der Waals surface area contributed by atoms with E-state index < -0.39 is 26.8 Å². The summed E-state index contributed by atoms with van der Waals surface area (Å²) in [7, 11) is -2.32. The summed E-state index contributed by atoms with van der Waals surface area (Å²) >= 11 is 1.48. The summed E-state index contributed by atoms with van der Waals surface area (Å²) in [4.78, 5) is 11.9. The number of rotatable bonds is 5. The lowest BCUT2D eigenvalue weighted by molar-refractivity contribution is -0.142. The van der Waals surface area contributed by atoms with Crippen LogP contribution in [0.25, 0.3) is 11.1 Å². The maximum absolute atomic E-state index is 13.2. The Balaban J connectivity index is 1.92. The van der Waals surface area contributed by atoms with Gasteiger partial charge in [-0.05, 0) is 49.2 Å². The van der Waals surface area contributed by atoms with E-state index in [9.17, 15) is 18.3 Å². The second-order valence-corrected chi connectivity index (χ2v) is 10.7. The van der Waals surface area contributed by atoms with Crippen LogP contribution >= 0.6 is 11.8 Å². The van der Waals surface area contributed by atoms with Crippen molar-refractivity contribution in [2.75, 3.05) is 19.4 Å². The Bertz CT molecular complexity index is 953. The van der Waals surface area contributed by atoms with Gasteiger partial charge in [0.1, 0.15) is 11.8 Å². The van der Waals surface area contributed by atoms with Crippen molar-refractivity contribution < 1.29 is 23.1 Å². The maximum atomic E-state index is 13.2. The van der Waals surface area contributed by atoms with Crippen molar-refractivity contribution in [3.8, 4) is 16.9 Å². The van der Waals surface area contributed by atoms with E-state index in [1.54, 1.807) is 33.1 Å². The highest BCUT2D eigenvalue weighted by Crippen LogP contribution is 2.38. The van der Waals surface area contributed by atoms with Crippen molar-refractivity contribution in [1.29, 1.82) is 0 Å². The summed E-state index contributed by atoms with van der Waals surface area (Å²) in [6, 6.07) is 12.9. The van der Waals surface area contributed by atoms with Crippen LogP contribution in [0.1, 0.15) is 13.8 Å². The van der Waals surface area contributed by atoms with Crippen LogP contribution in [0.2, 0.25) is 0 Å². The van der Waals surface area contributed by atoms with Crippen molar-refractivity contribution in [1.82, 2.24) is 4.31 Å². The lowest BCUT2D eigenvalue weighted by Gasteiger charge is -2.42. The fourth-order valence-corrected chi connectivity index (χ4v) is 6.47. The van der Waals surface area contributed by atoms with Gasteiger partial charge in [0.25, 0.3) is 0 Å². The number of thioether (sulfide) groups is 1. The molecule has 0 spiro atoms. The van der Waals surface area contributed by atoms with Gasteiger partial charge in [-0.25, -0.2) is 8.42 Å². The average Bonchev–Trinajstić information content (AvgIpc) is 2.67. The largest absolute Gasteiger partial charge is 0.497 e. The van der Waals surface area contributed by atoms with Crippen molar-refractivity contribution in [3.05, 3.63) is 48.5 Å². The molecule has 3 rings (SSSR count). The Morgan fingerprint density at radius 3 is 2.14 bits per heavy atom. The Morgan fingerprint density at radius 2 is 1.64 bits per heavy atom. The van der Waals surface area contributed by atoms with Crippen molar-refractivity contribution in [2.45, 2.75) is 29.5 Å². The Labute approximate surface area is 169 Å². The molecule has 0 saturated carbocycles. The summed E-state index contributed by atoms with van der Waals surface area (Å²) < 4.78 is 31.9. The van der Waals surface area contributed by atoms with Crippen LogP contribution in [0.4, 0.5) is 0 Å². The summed E-state index contributed by atoms with van der Waals surface area (Å²) in [5.41, 5.74) is 1.80. The molecule has 1 atom stereocenters. The van der Waals surface area contributed by atoms with Crippen LogP contribution in [-0.4, -0.2) is 54.0 Å². The van der Waals surface area contributed by atoms with Gasteiger partial charge in [0.15, 0.2) is 0 Å². The zero-order valence-electron chi connectivity index (χ0n) is 16.0. The van der Waals surface area contributed by atoms with Gasteiger partial charge in [0.05, 0.1) is 12.0 Å². The molecule has 0 aliphatic carbocycles. The third kappa shape index (κ3) is 3.90. The van der Waals surface area contributed by atoms with Crippen LogP contribution in [0.3, 0.4) is 0 Å². The minimum atomic E-state index is -3.92. The summed E-state index contributed by atoms with van der Waals surface area (Å²) in [5, 5.41) is 9.66. The standard InChI is InChI=1S/C20H23NO5S2/c1-20(2)18(19(22)23)21(12-13-27-20)28(24,25)17-10-6-15(7-11-17)14-4-8-16(26-3)9-5-14/h4-11,18H,12-13H2,1-3H3,(H,22,23). The first-order valence-electron chi connectivity index (χ1n) is 8.80. The number of carboxylic acids is 1. The highest BCUT2D eigenvalue weighted by Gasteiger charge is 2.48. The normalized spacial score (nSPS) is 19.9. The minimum Gasteiger partial charge on any atom is -0.497 e. The molecule has 8 heteroatoms. The molecule has 0 aromatic heterocycles. The Morgan fingerprint density at radius 1 is 1.11 bits per heavy atom. The van der Waals surface area contributed by atoms with Gasteiger partial charge in [-0.15, -0.1) is 0 Å². The van der Waals surface area contributed by atoms with Crippen molar-refractivity contribution >= 4 is 27.8 Å². The molecule has 150 valence electrons. The van der Waals surface area contributed by atoms with E-state index in [-0.39, 0.29) is 11.4 Å². The molecule has 1 aliphatic heterocycles. The first kappa shape index (κ1) is 20.7. The number of nitrogens with zero attached hydrogens (tertiary/aromatic N) is 1.